The predicted molar refractivity (Wildman–Crippen MR) is 75.8 cm³/mol. The number of fused-ring (bicyclic) bond motifs is 1. The van der Waals surface area contributed by atoms with Gasteiger partial charge in [-0.3, -0.25) is 0 Å². The van der Waals surface area contributed by atoms with Crippen LogP contribution in [0.25, 0.3) is 11.0 Å². The zero-order valence-electron chi connectivity index (χ0n) is 11.1. The molecule has 1 aliphatic carbocycles. The van der Waals surface area contributed by atoms with E-state index < -0.39 is 0 Å². The highest BCUT2D eigenvalue weighted by molar-refractivity contribution is 5.79. The molecule has 0 bridgehead atoms. The normalized spacial score (nSPS) is 23.8. The molecule has 3 N–H and O–H groups in total. The molecule has 2 unspecified atom stereocenters. The Kier molecular flexibility index (Phi) is 3.80. The highest BCUT2D eigenvalue weighted by atomic mass is 16.3. The molecule has 0 spiro atoms. The molecule has 0 saturated heterocycles. The van der Waals surface area contributed by atoms with Crippen LogP contribution in [0.4, 0.5) is 0 Å². The van der Waals surface area contributed by atoms with Crippen LogP contribution in [0.2, 0.25) is 0 Å². The zero-order chi connectivity index (χ0) is 13.1. The lowest BCUT2D eigenvalue weighted by Crippen LogP contribution is -2.33. The van der Waals surface area contributed by atoms with Crippen LogP contribution in [0.5, 0.6) is 0 Å². The van der Waals surface area contributed by atoms with Gasteiger partial charge in [-0.05, 0) is 36.5 Å². The molecule has 0 aliphatic heterocycles. The average Bonchev–Trinajstić information content (AvgIpc) is 2.85. The minimum absolute atomic E-state index is 0.120. The van der Waals surface area contributed by atoms with E-state index in [1.54, 1.807) is 6.20 Å². The first-order valence-corrected chi connectivity index (χ1v) is 7.14. The van der Waals surface area contributed by atoms with Gasteiger partial charge in [-0.1, -0.05) is 12.8 Å². The van der Waals surface area contributed by atoms with Crippen molar-refractivity contribution in [2.75, 3.05) is 6.54 Å². The van der Waals surface area contributed by atoms with Gasteiger partial charge >= 0.3 is 0 Å². The first-order chi connectivity index (χ1) is 9.34. The van der Waals surface area contributed by atoms with Crippen molar-refractivity contribution in [3.8, 4) is 0 Å². The first-order valence-electron chi connectivity index (χ1n) is 7.14. The second-order valence-electron chi connectivity index (χ2n) is 5.46. The Bertz CT molecular complexity index is 537. The predicted octanol–water partition coefficient (Wildman–Crippen LogP) is 2.20. The summed E-state index contributed by atoms with van der Waals surface area (Å²) in [7, 11) is 0. The maximum absolute atomic E-state index is 9.94. The van der Waals surface area contributed by atoms with Crippen LogP contribution in [0.3, 0.4) is 0 Å². The van der Waals surface area contributed by atoms with Crippen molar-refractivity contribution >= 4 is 11.0 Å². The van der Waals surface area contributed by atoms with E-state index in [9.17, 15) is 5.11 Å². The quantitative estimate of drug-likeness (QED) is 0.789. The largest absolute Gasteiger partial charge is 0.393 e. The molecule has 3 rings (SSSR count). The molecule has 4 heteroatoms. The van der Waals surface area contributed by atoms with Crippen molar-refractivity contribution in [1.82, 2.24) is 15.3 Å². The van der Waals surface area contributed by atoms with E-state index >= 15 is 0 Å². The molecule has 0 amide bonds. The minimum Gasteiger partial charge on any atom is -0.393 e. The summed E-state index contributed by atoms with van der Waals surface area (Å²) in [4.78, 5) is 7.47. The lowest BCUT2D eigenvalue weighted by atomic mass is 9.86. The number of H-pyrrole nitrogens is 1. The van der Waals surface area contributed by atoms with Crippen LogP contribution in [0, 0.1) is 5.92 Å². The summed E-state index contributed by atoms with van der Waals surface area (Å²) in [5.74, 6) is 0.414. The van der Waals surface area contributed by atoms with E-state index in [0.717, 1.165) is 31.6 Å². The second kappa shape index (κ2) is 5.72. The molecule has 2 aromatic rings. The molecular formula is C15H21N3O. The molecule has 0 aromatic carbocycles. The standard InChI is InChI=1S/C15H21N3O/c19-14-6-2-1-4-11(14)8-16-9-12-10-18-15-13(12)5-3-7-17-15/h3,5,7,10-11,14,16,19H,1-2,4,6,8-9H2,(H,17,18). The van der Waals surface area contributed by atoms with Crippen LogP contribution in [0.1, 0.15) is 31.2 Å². The van der Waals surface area contributed by atoms with Gasteiger partial charge in [0.25, 0.3) is 0 Å². The van der Waals surface area contributed by atoms with E-state index in [2.05, 4.69) is 21.4 Å². The third-order valence-corrected chi connectivity index (χ3v) is 4.13. The number of rotatable bonds is 4. The summed E-state index contributed by atoms with van der Waals surface area (Å²) in [5, 5.41) is 14.6. The maximum Gasteiger partial charge on any atom is 0.137 e. The van der Waals surface area contributed by atoms with Crippen LogP contribution < -0.4 is 5.32 Å². The van der Waals surface area contributed by atoms with E-state index in [1.165, 1.54) is 23.8 Å². The van der Waals surface area contributed by atoms with Crippen molar-refractivity contribution in [1.29, 1.82) is 0 Å². The Hall–Kier alpha value is -1.39. The van der Waals surface area contributed by atoms with Gasteiger partial charge in [0, 0.05) is 30.9 Å². The van der Waals surface area contributed by atoms with Crippen molar-refractivity contribution in [2.45, 2.75) is 38.3 Å². The van der Waals surface area contributed by atoms with Gasteiger partial charge in [0.05, 0.1) is 6.10 Å². The topological polar surface area (TPSA) is 60.9 Å². The summed E-state index contributed by atoms with van der Waals surface area (Å²) in [6.45, 7) is 1.73. The van der Waals surface area contributed by atoms with Crippen LogP contribution >= 0.6 is 0 Å². The van der Waals surface area contributed by atoms with E-state index in [4.69, 9.17) is 0 Å². The smallest absolute Gasteiger partial charge is 0.137 e. The molecule has 1 fully saturated rings. The summed E-state index contributed by atoms with van der Waals surface area (Å²) in [6.07, 6.45) is 8.22. The molecule has 19 heavy (non-hydrogen) atoms. The zero-order valence-corrected chi connectivity index (χ0v) is 11.1. The summed E-state index contributed by atoms with van der Waals surface area (Å²) < 4.78 is 0. The average molecular weight is 259 g/mol. The monoisotopic (exact) mass is 259 g/mol. The van der Waals surface area contributed by atoms with Crippen molar-refractivity contribution in [3.05, 3.63) is 30.1 Å². The maximum atomic E-state index is 9.94. The van der Waals surface area contributed by atoms with Crippen molar-refractivity contribution < 1.29 is 5.11 Å². The molecule has 2 atom stereocenters. The number of aromatic amines is 1. The molecule has 0 radical (unpaired) electrons. The number of aliphatic hydroxyl groups is 1. The fourth-order valence-electron chi connectivity index (χ4n) is 2.98. The van der Waals surface area contributed by atoms with Gasteiger partial charge < -0.3 is 15.4 Å². The minimum atomic E-state index is -0.120. The Morgan fingerprint density at radius 3 is 3.16 bits per heavy atom. The lowest BCUT2D eigenvalue weighted by Gasteiger charge is -2.27. The highest BCUT2D eigenvalue weighted by Gasteiger charge is 2.22. The molecular weight excluding hydrogens is 238 g/mol. The fraction of sp³-hybridized carbons (Fsp3) is 0.533. The Morgan fingerprint density at radius 1 is 1.37 bits per heavy atom. The Balaban J connectivity index is 1.57. The Labute approximate surface area is 113 Å². The molecule has 1 aliphatic rings. The molecule has 2 heterocycles. The third-order valence-electron chi connectivity index (χ3n) is 4.13. The Morgan fingerprint density at radius 2 is 2.26 bits per heavy atom. The van der Waals surface area contributed by atoms with Crippen LogP contribution in [0.15, 0.2) is 24.5 Å². The molecule has 102 valence electrons. The summed E-state index contributed by atoms with van der Waals surface area (Å²) in [5.41, 5.74) is 2.19. The second-order valence-corrected chi connectivity index (χ2v) is 5.46. The number of aliphatic hydroxyl groups excluding tert-OH is 1. The molecule has 2 aromatic heterocycles. The third kappa shape index (κ3) is 2.80. The summed E-state index contributed by atoms with van der Waals surface area (Å²) >= 11 is 0. The van der Waals surface area contributed by atoms with Crippen LogP contribution in [-0.4, -0.2) is 27.7 Å². The van der Waals surface area contributed by atoms with Crippen molar-refractivity contribution in [2.24, 2.45) is 5.92 Å². The van der Waals surface area contributed by atoms with Gasteiger partial charge in [0.15, 0.2) is 0 Å². The number of pyridine rings is 1. The van der Waals surface area contributed by atoms with Crippen LogP contribution in [-0.2, 0) is 6.54 Å². The van der Waals surface area contributed by atoms with E-state index in [0.29, 0.717) is 5.92 Å². The van der Waals surface area contributed by atoms with Crippen molar-refractivity contribution in [3.63, 3.8) is 0 Å². The molecule has 1 saturated carbocycles. The van der Waals surface area contributed by atoms with Gasteiger partial charge in [0.1, 0.15) is 5.65 Å². The van der Waals surface area contributed by atoms with E-state index in [1.807, 2.05) is 12.3 Å². The van der Waals surface area contributed by atoms with E-state index in [-0.39, 0.29) is 6.10 Å². The van der Waals surface area contributed by atoms with Gasteiger partial charge in [0.2, 0.25) is 0 Å². The summed E-state index contributed by atoms with van der Waals surface area (Å²) in [6, 6.07) is 4.05. The number of nitrogens with one attached hydrogen (secondary N) is 2. The number of hydrogen-bond donors (Lipinski definition) is 3. The first kappa shape index (κ1) is 12.6. The highest BCUT2D eigenvalue weighted by Crippen LogP contribution is 2.24. The number of nitrogens with zero attached hydrogens (tertiary/aromatic N) is 1. The molecule has 4 nitrogen and oxygen atoms in total. The van der Waals surface area contributed by atoms with Gasteiger partial charge in [-0.25, -0.2) is 4.98 Å². The SMILES string of the molecule is OC1CCCCC1CNCc1c[nH]c2ncccc12. The fourth-order valence-corrected chi connectivity index (χ4v) is 2.98. The van der Waals surface area contributed by atoms with Gasteiger partial charge in [-0.15, -0.1) is 0 Å². The lowest BCUT2D eigenvalue weighted by molar-refractivity contribution is 0.0695. The van der Waals surface area contributed by atoms with Gasteiger partial charge in [-0.2, -0.15) is 0 Å². The number of aromatic nitrogens is 2. The number of hydrogen-bond acceptors (Lipinski definition) is 3.